The van der Waals surface area contributed by atoms with Crippen molar-refractivity contribution in [3.05, 3.63) is 44.8 Å². The maximum absolute atomic E-state index is 13.2. The van der Waals surface area contributed by atoms with Gasteiger partial charge in [-0.05, 0) is 59.5 Å². The summed E-state index contributed by atoms with van der Waals surface area (Å²) >= 11 is 3.16. The Balaban J connectivity index is 1.45. The predicted octanol–water partition coefficient (Wildman–Crippen LogP) is 4.03. The molecule has 4 rings (SSSR count). The largest absolute Gasteiger partial charge is 0.337 e. The Morgan fingerprint density at radius 3 is 2.72 bits per heavy atom. The predicted molar refractivity (Wildman–Crippen MR) is 101 cm³/mol. The van der Waals surface area contributed by atoms with E-state index >= 15 is 0 Å². The second-order valence-electron chi connectivity index (χ2n) is 6.81. The van der Waals surface area contributed by atoms with E-state index < -0.39 is 0 Å². The first kappa shape index (κ1) is 16.8. The molecule has 4 heterocycles. The monoisotopic (exact) mass is 374 g/mol. The zero-order chi connectivity index (χ0) is 17.2. The van der Waals surface area contributed by atoms with E-state index in [9.17, 15) is 9.59 Å². The molecule has 0 radical (unpaired) electrons. The smallest absolute Gasteiger partial charge is 0.263 e. The highest BCUT2D eigenvalue weighted by molar-refractivity contribution is 7.12. The lowest BCUT2D eigenvalue weighted by molar-refractivity contribution is -0.137. The van der Waals surface area contributed by atoms with Gasteiger partial charge in [0.2, 0.25) is 5.91 Å². The minimum Gasteiger partial charge on any atom is -0.337 e. The Morgan fingerprint density at radius 2 is 1.96 bits per heavy atom. The highest BCUT2D eigenvalue weighted by Crippen LogP contribution is 2.35. The number of amides is 2. The number of carbonyl (C=O) groups is 2. The molecule has 2 amide bonds. The van der Waals surface area contributed by atoms with E-state index in [-0.39, 0.29) is 23.8 Å². The van der Waals surface area contributed by atoms with Gasteiger partial charge in [0.05, 0.1) is 16.8 Å². The molecule has 0 aliphatic carbocycles. The molecule has 0 unspecified atom stereocenters. The van der Waals surface area contributed by atoms with Gasteiger partial charge in [0.15, 0.2) is 0 Å². The molecule has 4 nitrogen and oxygen atoms in total. The third-order valence-corrected chi connectivity index (χ3v) is 6.81. The van der Waals surface area contributed by atoms with Gasteiger partial charge in [-0.3, -0.25) is 9.59 Å². The van der Waals surface area contributed by atoms with Crippen molar-refractivity contribution in [2.75, 3.05) is 19.6 Å². The van der Waals surface area contributed by atoms with E-state index in [1.165, 1.54) is 16.9 Å². The van der Waals surface area contributed by atoms with Gasteiger partial charge in [-0.1, -0.05) is 6.07 Å². The average Bonchev–Trinajstić information content (AvgIpc) is 3.42. The summed E-state index contributed by atoms with van der Waals surface area (Å²) in [5.41, 5.74) is 1.26. The summed E-state index contributed by atoms with van der Waals surface area (Å²) in [4.78, 5) is 30.5. The lowest BCUT2D eigenvalue weighted by Crippen LogP contribution is -2.46. The molecule has 25 heavy (non-hydrogen) atoms. The number of likely N-dealkylation sites (tertiary alicyclic amines) is 2. The van der Waals surface area contributed by atoms with Crippen molar-refractivity contribution in [3.8, 4) is 0 Å². The van der Waals surface area contributed by atoms with E-state index in [0.29, 0.717) is 6.54 Å². The van der Waals surface area contributed by atoms with Crippen LogP contribution in [0.5, 0.6) is 0 Å². The van der Waals surface area contributed by atoms with Crippen molar-refractivity contribution in [1.82, 2.24) is 9.80 Å². The second kappa shape index (κ2) is 7.30. The molecule has 0 aromatic carbocycles. The SMILES string of the molecule is O=C(c1cccs1)N1CCC[C@H](C(=O)N2CCC[C@@H]2c2ccsc2)C1. The van der Waals surface area contributed by atoms with Crippen LogP contribution in [0.4, 0.5) is 0 Å². The third kappa shape index (κ3) is 3.37. The fourth-order valence-corrected chi connectivity index (χ4v) is 5.39. The van der Waals surface area contributed by atoms with Gasteiger partial charge in [0.25, 0.3) is 5.91 Å². The van der Waals surface area contributed by atoms with Gasteiger partial charge in [-0.15, -0.1) is 11.3 Å². The van der Waals surface area contributed by atoms with Crippen molar-refractivity contribution in [2.45, 2.75) is 31.7 Å². The van der Waals surface area contributed by atoms with Crippen LogP contribution in [0.3, 0.4) is 0 Å². The molecule has 2 aliphatic heterocycles. The van der Waals surface area contributed by atoms with Crippen molar-refractivity contribution in [1.29, 1.82) is 0 Å². The van der Waals surface area contributed by atoms with Crippen LogP contribution in [0.1, 0.15) is 47.0 Å². The molecule has 0 bridgehead atoms. The molecular formula is C19H22N2O2S2. The number of carbonyl (C=O) groups excluding carboxylic acids is 2. The average molecular weight is 375 g/mol. The minimum atomic E-state index is -0.0584. The lowest BCUT2D eigenvalue weighted by Gasteiger charge is -2.35. The van der Waals surface area contributed by atoms with Crippen molar-refractivity contribution >= 4 is 34.5 Å². The van der Waals surface area contributed by atoms with Gasteiger partial charge in [-0.25, -0.2) is 0 Å². The molecule has 2 aliphatic rings. The molecule has 2 aromatic heterocycles. The lowest BCUT2D eigenvalue weighted by atomic mass is 9.95. The summed E-state index contributed by atoms with van der Waals surface area (Å²) < 4.78 is 0. The summed E-state index contributed by atoms with van der Waals surface area (Å²) in [6.45, 7) is 2.16. The van der Waals surface area contributed by atoms with Crippen molar-refractivity contribution in [2.24, 2.45) is 5.92 Å². The Bertz CT molecular complexity index is 727. The molecule has 132 valence electrons. The van der Waals surface area contributed by atoms with Gasteiger partial charge in [0, 0.05) is 19.6 Å². The van der Waals surface area contributed by atoms with Crippen molar-refractivity contribution < 1.29 is 9.59 Å². The first-order valence-corrected chi connectivity index (χ1v) is 10.7. The summed E-state index contributed by atoms with van der Waals surface area (Å²) in [6, 6.07) is 6.13. The number of hydrogen-bond donors (Lipinski definition) is 0. The third-order valence-electron chi connectivity index (χ3n) is 5.25. The van der Waals surface area contributed by atoms with Crippen LogP contribution in [-0.4, -0.2) is 41.2 Å². The number of piperidine rings is 1. The Hall–Kier alpha value is -1.66. The van der Waals surface area contributed by atoms with Crippen molar-refractivity contribution in [3.63, 3.8) is 0 Å². The molecule has 2 fully saturated rings. The Kier molecular flexibility index (Phi) is 4.90. The van der Waals surface area contributed by atoms with Crippen LogP contribution < -0.4 is 0 Å². The van der Waals surface area contributed by atoms with Crippen LogP contribution in [-0.2, 0) is 4.79 Å². The summed E-state index contributed by atoms with van der Waals surface area (Å²) in [5, 5.41) is 6.16. The maximum Gasteiger partial charge on any atom is 0.263 e. The standard InChI is InChI=1S/C19H22N2O2S2/c22-18(21-9-2-5-16(21)15-7-11-24-13-15)14-4-1-8-20(12-14)19(23)17-6-3-10-25-17/h3,6-7,10-11,13-14,16H,1-2,4-5,8-9,12H2/t14-,16+/m0/s1. The van der Waals surface area contributed by atoms with Crippen LogP contribution in [0, 0.1) is 5.92 Å². The zero-order valence-corrected chi connectivity index (χ0v) is 15.7. The Labute approximate surface area is 156 Å². The molecule has 0 N–H and O–H groups in total. The van der Waals surface area contributed by atoms with E-state index in [4.69, 9.17) is 0 Å². The molecule has 2 saturated heterocycles. The number of rotatable bonds is 3. The van der Waals surface area contributed by atoms with Crippen LogP contribution in [0.15, 0.2) is 34.3 Å². The normalized spacial score (nSPS) is 23.8. The fraction of sp³-hybridized carbons (Fsp3) is 0.474. The number of thiophene rings is 2. The quantitative estimate of drug-likeness (QED) is 0.814. The molecule has 0 saturated carbocycles. The van der Waals surface area contributed by atoms with E-state index in [1.807, 2.05) is 22.4 Å². The fourth-order valence-electron chi connectivity index (χ4n) is 4.00. The highest BCUT2D eigenvalue weighted by atomic mass is 32.1. The second-order valence-corrected chi connectivity index (χ2v) is 8.54. The first-order chi connectivity index (χ1) is 12.2. The summed E-state index contributed by atoms with van der Waals surface area (Å²) in [5.74, 6) is 0.248. The maximum atomic E-state index is 13.2. The summed E-state index contributed by atoms with van der Waals surface area (Å²) in [7, 11) is 0. The van der Waals surface area contributed by atoms with Gasteiger partial charge in [-0.2, -0.15) is 11.3 Å². The van der Waals surface area contributed by atoms with E-state index in [2.05, 4.69) is 21.7 Å². The van der Waals surface area contributed by atoms with Crippen LogP contribution in [0.2, 0.25) is 0 Å². The Morgan fingerprint density at radius 1 is 1.08 bits per heavy atom. The molecule has 2 atom stereocenters. The van der Waals surface area contributed by atoms with Crippen LogP contribution in [0.25, 0.3) is 0 Å². The number of nitrogens with zero attached hydrogens (tertiary/aromatic N) is 2. The van der Waals surface area contributed by atoms with E-state index in [1.54, 1.807) is 11.3 Å². The van der Waals surface area contributed by atoms with E-state index in [0.717, 1.165) is 43.6 Å². The molecule has 2 aromatic rings. The van der Waals surface area contributed by atoms with Gasteiger partial charge in [0.1, 0.15) is 0 Å². The molecule has 6 heteroatoms. The molecular weight excluding hydrogens is 352 g/mol. The van der Waals surface area contributed by atoms with Gasteiger partial charge < -0.3 is 9.80 Å². The topological polar surface area (TPSA) is 40.6 Å². The van der Waals surface area contributed by atoms with Crippen LogP contribution >= 0.6 is 22.7 Å². The molecule has 0 spiro atoms. The zero-order valence-electron chi connectivity index (χ0n) is 14.1. The highest BCUT2D eigenvalue weighted by Gasteiger charge is 2.37. The summed E-state index contributed by atoms with van der Waals surface area (Å²) in [6.07, 6.45) is 3.91. The number of hydrogen-bond acceptors (Lipinski definition) is 4. The van der Waals surface area contributed by atoms with Gasteiger partial charge >= 0.3 is 0 Å². The first-order valence-electron chi connectivity index (χ1n) is 8.89. The minimum absolute atomic E-state index is 0.0584.